The second kappa shape index (κ2) is 2.98. The van der Waals surface area contributed by atoms with Crippen LogP contribution < -0.4 is 5.73 Å². The third-order valence-electron chi connectivity index (χ3n) is 3.32. The van der Waals surface area contributed by atoms with Crippen molar-refractivity contribution in [1.29, 1.82) is 0 Å². The number of rotatable bonds is 3. The monoisotopic (exact) mass is 182 g/mol. The van der Waals surface area contributed by atoms with Crippen LogP contribution in [0.2, 0.25) is 0 Å². The molecule has 0 atom stereocenters. The van der Waals surface area contributed by atoms with Gasteiger partial charge < -0.3 is 10.6 Å². The van der Waals surface area contributed by atoms with E-state index in [1.54, 1.807) is 0 Å². The minimum absolute atomic E-state index is 0.152. The first kappa shape index (κ1) is 9.00. The average molecular weight is 182 g/mol. The number of hydrogen-bond acceptors (Lipinski definition) is 2. The van der Waals surface area contributed by atoms with Crippen molar-refractivity contribution in [3.8, 4) is 0 Å². The van der Waals surface area contributed by atoms with Crippen LogP contribution in [0, 0.1) is 5.92 Å². The zero-order chi connectivity index (χ0) is 9.47. The third kappa shape index (κ3) is 1.70. The van der Waals surface area contributed by atoms with E-state index < -0.39 is 5.54 Å². The van der Waals surface area contributed by atoms with Crippen LogP contribution in [-0.4, -0.2) is 29.9 Å². The molecule has 0 aromatic heterocycles. The Labute approximate surface area is 79.3 Å². The van der Waals surface area contributed by atoms with Crippen molar-refractivity contribution < 1.29 is 4.79 Å². The molecule has 0 spiro atoms. The SMILES string of the molecule is CN(CC1CCC1)C(=O)C1(N)CC1. The van der Waals surface area contributed by atoms with E-state index in [4.69, 9.17) is 5.73 Å². The molecule has 0 aliphatic heterocycles. The first-order valence-electron chi connectivity index (χ1n) is 5.16. The van der Waals surface area contributed by atoms with Gasteiger partial charge in [0.05, 0.1) is 5.54 Å². The normalized spacial score (nSPS) is 25.1. The van der Waals surface area contributed by atoms with Gasteiger partial charge in [0.15, 0.2) is 0 Å². The zero-order valence-corrected chi connectivity index (χ0v) is 8.25. The largest absolute Gasteiger partial charge is 0.344 e. The lowest BCUT2D eigenvalue weighted by Gasteiger charge is -2.31. The van der Waals surface area contributed by atoms with Gasteiger partial charge in [-0.1, -0.05) is 6.42 Å². The minimum atomic E-state index is -0.474. The predicted molar refractivity (Wildman–Crippen MR) is 51.1 cm³/mol. The highest BCUT2D eigenvalue weighted by molar-refractivity contribution is 5.88. The van der Waals surface area contributed by atoms with E-state index in [9.17, 15) is 4.79 Å². The summed E-state index contributed by atoms with van der Waals surface area (Å²) < 4.78 is 0. The van der Waals surface area contributed by atoms with Gasteiger partial charge >= 0.3 is 0 Å². The van der Waals surface area contributed by atoms with Gasteiger partial charge in [0.2, 0.25) is 5.91 Å². The summed E-state index contributed by atoms with van der Waals surface area (Å²) in [5.41, 5.74) is 5.36. The Morgan fingerprint density at radius 1 is 1.54 bits per heavy atom. The van der Waals surface area contributed by atoms with Gasteiger partial charge in [-0.15, -0.1) is 0 Å². The summed E-state index contributed by atoms with van der Waals surface area (Å²) >= 11 is 0. The molecule has 0 heterocycles. The number of nitrogens with zero attached hydrogens (tertiary/aromatic N) is 1. The second-order valence-electron chi connectivity index (χ2n) is 4.64. The molecule has 2 aliphatic rings. The van der Waals surface area contributed by atoms with E-state index in [1.807, 2.05) is 11.9 Å². The van der Waals surface area contributed by atoms with Crippen molar-refractivity contribution in [3.05, 3.63) is 0 Å². The Kier molecular flexibility index (Phi) is 2.06. The minimum Gasteiger partial charge on any atom is -0.344 e. The molecule has 0 unspecified atom stereocenters. The Morgan fingerprint density at radius 3 is 2.54 bits per heavy atom. The van der Waals surface area contributed by atoms with Gasteiger partial charge in [0.1, 0.15) is 0 Å². The maximum atomic E-state index is 11.7. The van der Waals surface area contributed by atoms with Crippen LogP contribution in [0.5, 0.6) is 0 Å². The van der Waals surface area contributed by atoms with Gasteiger partial charge in [-0.3, -0.25) is 4.79 Å². The molecule has 3 nitrogen and oxygen atoms in total. The molecule has 1 amide bonds. The summed E-state index contributed by atoms with van der Waals surface area (Å²) in [7, 11) is 1.88. The highest BCUT2D eigenvalue weighted by Crippen LogP contribution is 2.35. The van der Waals surface area contributed by atoms with Gasteiger partial charge in [0, 0.05) is 13.6 Å². The van der Waals surface area contributed by atoms with Crippen molar-refractivity contribution in [2.45, 2.75) is 37.6 Å². The van der Waals surface area contributed by atoms with Crippen LogP contribution in [0.1, 0.15) is 32.1 Å². The Balaban J connectivity index is 1.81. The summed E-state index contributed by atoms with van der Waals surface area (Å²) in [6.07, 6.45) is 5.66. The highest BCUT2D eigenvalue weighted by atomic mass is 16.2. The van der Waals surface area contributed by atoms with Crippen LogP contribution in [0.25, 0.3) is 0 Å². The molecular weight excluding hydrogens is 164 g/mol. The average Bonchev–Trinajstić information content (AvgIpc) is 2.75. The smallest absolute Gasteiger partial charge is 0.242 e. The molecule has 2 N–H and O–H groups in total. The molecule has 13 heavy (non-hydrogen) atoms. The van der Waals surface area contributed by atoms with Crippen molar-refractivity contribution in [2.75, 3.05) is 13.6 Å². The fourth-order valence-corrected chi connectivity index (χ4v) is 1.87. The number of nitrogens with two attached hydrogens (primary N) is 1. The standard InChI is InChI=1S/C10H18N2O/c1-12(7-8-3-2-4-8)9(13)10(11)5-6-10/h8H,2-7,11H2,1H3. The topological polar surface area (TPSA) is 46.3 Å². The van der Waals surface area contributed by atoms with Crippen LogP contribution in [0.3, 0.4) is 0 Å². The van der Waals surface area contributed by atoms with Crippen molar-refractivity contribution in [3.63, 3.8) is 0 Å². The lowest BCUT2D eigenvalue weighted by atomic mass is 9.85. The van der Waals surface area contributed by atoms with Gasteiger partial charge in [-0.05, 0) is 31.6 Å². The van der Waals surface area contributed by atoms with E-state index in [2.05, 4.69) is 0 Å². The molecule has 0 aromatic rings. The second-order valence-corrected chi connectivity index (χ2v) is 4.64. The molecule has 0 saturated heterocycles. The third-order valence-corrected chi connectivity index (χ3v) is 3.32. The number of hydrogen-bond donors (Lipinski definition) is 1. The molecule has 0 aromatic carbocycles. The van der Waals surface area contributed by atoms with Crippen LogP contribution in [0.15, 0.2) is 0 Å². The van der Waals surface area contributed by atoms with E-state index in [-0.39, 0.29) is 5.91 Å². The summed E-state index contributed by atoms with van der Waals surface area (Å²) in [6.45, 7) is 0.914. The molecule has 2 rings (SSSR count). The van der Waals surface area contributed by atoms with E-state index >= 15 is 0 Å². The molecule has 0 bridgehead atoms. The fraction of sp³-hybridized carbons (Fsp3) is 0.900. The van der Waals surface area contributed by atoms with E-state index in [0.29, 0.717) is 0 Å². The summed E-state index contributed by atoms with van der Waals surface area (Å²) in [5, 5.41) is 0. The molecule has 74 valence electrons. The highest BCUT2D eigenvalue weighted by Gasteiger charge is 2.47. The molecule has 3 heteroatoms. The molecular formula is C10H18N2O. The maximum Gasteiger partial charge on any atom is 0.242 e. The first-order valence-corrected chi connectivity index (χ1v) is 5.16. The van der Waals surface area contributed by atoms with Crippen molar-refractivity contribution in [1.82, 2.24) is 4.90 Å². The summed E-state index contributed by atoms with van der Waals surface area (Å²) in [4.78, 5) is 13.5. The molecule has 2 fully saturated rings. The quantitative estimate of drug-likeness (QED) is 0.699. The predicted octanol–water partition coefficient (Wildman–Crippen LogP) is 0.736. The Bertz CT molecular complexity index is 219. The molecule has 2 saturated carbocycles. The Morgan fingerprint density at radius 2 is 2.15 bits per heavy atom. The fourth-order valence-electron chi connectivity index (χ4n) is 1.87. The van der Waals surface area contributed by atoms with Crippen molar-refractivity contribution >= 4 is 5.91 Å². The van der Waals surface area contributed by atoms with Crippen LogP contribution in [-0.2, 0) is 4.79 Å². The number of amides is 1. The number of likely N-dealkylation sites (N-methyl/N-ethyl adjacent to an activating group) is 1. The van der Waals surface area contributed by atoms with Gasteiger partial charge in [-0.2, -0.15) is 0 Å². The lowest BCUT2D eigenvalue weighted by molar-refractivity contribution is -0.133. The van der Waals surface area contributed by atoms with Crippen LogP contribution in [0.4, 0.5) is 0 Å². The zero-order valence-electron chi connectivity index (χ0n) is 8.25. The van der Waals surface area contributed by atoms with E-state index in [1.165, 1.54) is 19.3 Å². The summed E-state index contributed by atoms with van der Waals surface area (Å²) in [6, 6.07) is 0. The van der Waals surface area contributed by atoms with Gasteiger partial charge in [0.25, 0.3) is 0 Å². The maximum absolute atomic E-state index is 11.7. The first-order chi connectivity index (χ1) is 6.12. The lowest BCUT2D eigenvalue weighted by Crippen LogP contribution is -2.46. The van der Waals surface area contributed by atoms with Gasteiger partial charge in [-0.25, -0.2) is 0 Å². The van der Waals surface area contributed by atoms with Crippen molar-refractivity contribution in [2.24, 2.45) is 11.7 Å². The number of carbonyl (C=O) groups is 1. The van der Waals surface area contributed by atoms with Crippen LogP contribution >= 0.6 is 0 Å². The molecule has 0 radical (unpaired) electrons. The Hall–Kier alpha value is -0.570. The number of carbonyl (C=O) groups excluding carboxylic acids is 1. The molecule has 2 aliphatic carbocycles. The van der Waals surface area contributed by atoms with E-state index in [0.717, 1.165) is 25.3 Å². The summed E-state index contributed by atoms with van der Waals surface area (Å²) in [5.74, 6) is 0.899.